The number of hydrogen-bond donors (Lipinski definition) is 1. The molecule has 2 aromatic carbocycles. The van der Waals surface area contributed by atoms with Crippen LogP contribution in [0.1, 0.15) is 17.2 Å². The van der Waals surface area contributed by atoms with Gasteiger partial charge in [0.2, 0.25) is 0 Å². The highest BCUT2D eigenvalue weighted by Gasteiger charge is 2.24. The Morgan fingerprint density at radius 3 is 2.14 bits per heavy atom. The van der Waals surface area contributed by atoms with Gasteiger partial charge in [0.15, 0.2) is 0 Å². The average Bonchev–Trinajstić information content (AvgIpc) is 2.52. The number of nitrogens with one attached hydrogen (secondary N) is 1. The minimum atomic E-state index is -0.381. The second kappa shape index (κ2) is 6.91. The summed E-state index contributed by atoms with van der Waals surface area (Å²) in [7, 11) is 4.95. The molecule has 0 aliphatic rings. The maximum atomic E-state index is 14.4. The summed E-state index contributed by atoms with van der Waals surface area (Å²) in [6, 6.07) is 10.3. The summed E-state index contributed by atoms with van der Waals surface area (Å²) in [5.41, 5.74) is 1.29. The molecule has 0 aliphatic carbocycles. The van der Waals surface area contributed by atoms with Gasteiger partial charge in [-0.1, -0.05) is 18.2 Å². The highest BCUT2D eigenvalue weighted by atomic mass is 79.9. The molecule has 0 bridgehead atoms. The second-order valence-electron chi connectivity index (χ2n) is 4.44. The molecule has 0 saturated heterocycles. The summed E-state index contributed by atoms with van der Waals surface area (Å²) < 4.78 is 25.7. The van der Waals surface area contributed by atoms with Crippen molar-refractivity contribution in [3.8, 4) is 11.5 Å². The summed E-state index contributed by atoms with van der Waals surface area (Å²) in [6.45, 7) is 0. The van der Waals surface area contributed by atoms with Crippen LogP contribution in [-0.2, 0) is 0 Å². The zero-order valence-corrected chi connectivity index (χ0v) is 13.7. The fourth-order valence-corrected chi connectivity index (χ4v) is 2.74. The van der Waals surface area contributed by atoms with Gasteiger partial charge in [-0.25, -0.2) is 4.39 Å². The van der Waals surface area contributed by atoms with Gasteiger partial charge in [0, 0.05) is 5.56 Å². The van der Waals surface area contributed by atoms with Gasteiger partial charge in [-0.3, -0.25) is 0 Å². The lowest BCUT2D eigenvalue weighted by atomic mass is 9.96. The van der Waals surface area contributed by atoms with E-state index in [0.717, 1.165) is 5.56 Å². The second-order valence-corrected chi connectivity index (χ2v) is 5.30. The Kier molecular flexibility index (Phi) is 5.20. The maximum Gasteiger partial charge on any atom is 0.142 e. The molecule has 1 N–H and O–H groups in total. The SMILES string of the molecule is CNC(c1cccc(Br)c1F)c1c(OC)cccc1OC. The van der Waals surface area contributed by atoms with Crippen LogP contribution in [0.4, 0.5) is 4.39 Å². The standard InChI is InChI=1S/C16H17BrFNO2/c1-19-16(10-6-4-7-11(17)15(10)18)14-12(20-2)8-5-9-13(14)21-3/h4-9,16,19H,1-3H3. The summed E-state index contributed by atoms with van der Waals surface area (Å²) in [5.74, 6) is 0.992. The van der Waals surface area contributed by atoms with Crippen molar-refractivity contribution < 1.29 is 13.9 Å². The molecule has 3 nitrogen and oxygen atoms in total. The first-order chi connectivity index (χ1) is 10.1. The van der Waals surface area contributed by atoms with Crippen LogP contribution in [0, 0.1) is 5.82 Å². The highest BCUT2D eigenvalue weighted by Crippen LogP contribution is 2.38. The van der Waals surface area contributed by atoms with E-state index in [0.29, 0.717) is 21.5 Å². The lowest BCUT2D eigenvalue weighted by Crippen LogP contribution is -2.20. The van der Waals surface area contributed by atoms with E-state index in [1.165, 1.54) is 0 Å². The minimum absolute atomic E-state index is 0.301. The number of hydrogen-bond acceptors (Lipinski definition) is 3. The Labute approximate surface area is 132 Å². The van der Waals surface area contributed by atoms with E-state index >= 15 is 0 Å². The van der Waals surface area contributed by atoms with Gasteiger partial charge in [0.05, 0.1) is 30.3 Å². The molecule has 0 fully saturated rings. The number of methoxy groups -OCH3 is 2. The minimum Gasteiger partial charge on any atom is -0.496 e. The first-order valence-corrected chi connectivity index (χ1v) is 7.25. The Balaban J connectivity index is 2.64. The topological polar surface area (TPSA) is 30.5 Å². The number of ether oxygens (including phenoxy) is 2. The highest BCUT2D eigenvalue weighted by molar-refractivity contribution is 9.10. The molecule has 5 heteroatoms. The van der Waals surface area contributed by atoms with Crippen LogP contribution >= 0.6 is 15.9 Å². The third-order valence-corrected chi connectivity index (χ3v) is 3.95. The van der Waals surface area contributed by atoms with E-state index in [2.05, 4.69) is 21.2 Å². The van der Waals surface area contributed by atoms with Crippen LogP contribution in [0.5, 0.6) is 11.5 Å². The molecule has 0 heterocycles. The molecule has 2 rings (SSSR count). The van der Waals surface area contributed by atoms with Gasteiger partial charge in [-0.05, 0) is 41.2 Å². The monoisotopic (exact) mass is 353 g/mol. The Hall–Kier alpha value is -1.59. The van der Waals surface area contributed by atoms with Crippen LogP contribution in [0.25, 0.3) is 0 Å². The molecule has 1 unspecified atom stereocenters. The van der Waals surface area contributed by atoms with Crippen LogP contribution in [-0.4, -0.2) is 21.3 Å². The molecule has 2 aromatic rings. The predicted molar refractivity (Wildman–Crippen MR) is 84.5 cm³/mol. The quantitative estimate of drug-likeness (QED) is 0.883. The van der Waals surface area contributed by atoms with Crippen LogP contribution in [0.3, 0.4) is 0 Å². The van der Waals surface area contributed by atoms with Gasteiger partial charge in [-0.15, -0.1) is 0 Å². The molecule has 112 valence electrons. The number of benzene rings is 2. The first kappa shape index (κ1) is 15.8. The van der Waals surface area contributed by atoms with Gasteiger partial charge >= 0.3 is 0 Å². The molecule has 21 heavy (non-hydrogen) atoms. The molecule has 0 aliphatic heterocycles. The van der Waals surface area contributed by atoms with Crippen molar-refractivity contribution in [3.05, 3.63) is 57.8 Å². The molecule has 0 saturated carbocycles. The van der Waals surface area contributed by atoms with E-state index in [-0.39, 0.29) is 11.9 Å². The molecule has 0 aromatic heterocycles. The Bertz CT molecular complexity index is 611. The fraction of sp³-hybridized carbons (Fsp3) is 0.250. The van der Waals surface area contributed by atoms with E-state index in [1.807, 2.05) is 18.2 Å². The van der Waals surface area contributed by atoms with Gasteiger partial charge in [0.1, 0.15) is 17.3 Å². The zero-order valence-electron chi connectivity index (χ0n) is 12.1. The normalized spacial score (nSPS) is 12.0. The van der Waals surface area contributed by atoms with E-state index < -0.39 is 0 Å². The lowest BCUT2D eigenvalue weighted by Gasteiger charge is -2.23. The summed E-state index contributed by atoms with van der Waals surface area (Å²) in [6.07, 6.45) is 0. The molecular weight excluding hydrogens is 337 g/mol. The van der Waals surface area contributed by atoms with Gasteiger partial charge < -0.3 is 14.8 Å². The summed E-state index contributed by atoms with van der Waals surface area (Å²) in [5, 5.41) is 3.13. The molecule has 0 amide bonds. The van der Waals surface area contributed by atoms with Crippen molar-refractivity contribution in [1.82, 2.24) is 5.32 Å². The Morgan fingerprint density at radius 1 is 1.05 bits per heavy atom. The maximum absolute atomic E-state index is 14.4. The van der Waals surface area contributed by atoms with Crippen molar-refractivity contribution in [2.24, 2.45) is 0 Å². The van der Waals surface area contributed by atoms with Crippen molar-refractivity contribution in [1.29, 1.82) is 0 Å². The predicted octanol–water partition coefficient (Wildman–Crippen LogP) is 3.91. The largest absolute Gasteiger partial charge is 0.496 e. The smallest absolute Gasteiger partial charge is 0.142 e. The Morgan fingerprint density at radius 2 is 1.62 bits per heavy atom. The lowest BCUT2D eigenvalue weighted by molar-refractivity contribution is 0.377. The zero-order chi connectivity index (χ0) is 15.4. The molecule has 0 spiro atoms. The first-order valence-electron chi connectivity index (χ1n) is 6.46. The number of halogens is 2. The van der Waals surface area contributed by atoms with Crippen molar-refractivity contribution in [2.75, 3.05) is 21.3 Å². The number of rotatable bonds is 5. The van der Waals surface area contributed by atoms with Gasteiger partial charge in [-0.2, -0.15) is 0 Å². The third kappa shape index (κ3) is 3.04. The molecule has 1 atom stereocenters. The molecule has 0 radical (unpaired) electrons. The van der Waals surface area contributed by atoms with E-state index in [4.69, 9.17) is 9.47 Å². The van der Waals surface area contributed by atoms with E-state index in [1.54, 1.807) is 39.5 Å². The summed E-state index contributed by atoms with van der Waals surface area (Å²) >= 11 is 3.22. The van der Waals surface area contributed by atoms with Crippen LogP contribution < -0.4 is 14.8 Å². The van der Waals surface area contributed by atoms with Gasteiger partial charge in [0.25, 0.3) is 0 Å². The summed E-state index contributed by atoms with van der Waals surface area (Å²) in [4.78, 5) is 0. The third-order valence-electron chi connectivity index (χ3n) is 3.34. The molecular formula is C16H17BrFNO2. The van der Waals surface area contributed by atoms with Crippen LogP contribution in [0.2, 0.25) is 0 Å². The average molecular weight is 354 g/mol. The van der Waals surface area contributed by atoms with Crippen molar-refractivity contribution in [2.45, 2.75) is 6.04 Å². The fourth-order valence-electron chi connectivity index (χ4n) is 2.36. The van der Waals surface area contributed by atoms with Crippen LogP contribution in [0.15, 0.2) is 40.9 Å². The van der Waals surface area contributed by atoms with Crippen molar-refractivity contribution >= 4 is 15.9 Å². The van der Waals surface area contributed by atoms with E-state index in [9.17, 15) is 4.39 Å². The van der Waals surface area contributed by atoms with Crippen molar-refractivity contribution in [3.63, 3.8) is 0 Å².